The van der Waals surface area contributed by atoms with Crippen molar-refractivity contribution >= 4 is 11.7 Å². The van der Waals surface area contributed by atoms with Crippen LogP contribution in [0.15, 0.2) is 24.5 Å². The highest BCUT2D eigenvalue weighted by atomic mass is 16.5. The summed E-state index contributed by atoms with van der Waals surface area (Å²) in [5.74, 6) is 1.93. The lowest BCUT2D eigenvalue weighted by Gasteiger charge is -2.30. The number of amides is 1. The lowest BCUT2D eigenvalue weighted by molar-refractivity contribution is 0.0932. The van der Waals surface area contributed by atoms with Gasteiger partial charge in [0.05, 0.1) is 20.8 Å². The van der Waals surface area contributed by atoms with Crippen LogP contribution in [-0.4, -0.2) is 56.9 Å². The Hall–Kier alpha value is -2.87. The van der Waals surface area contributed by atoms with Crippen molar-refractivity contribution in [2.75, 3.05) is 45.9 Å². The number of aromatic nitrogens is 2. The van der Waals surface area contributed by atoms with E-state index in [1.807, 2.05) is 12.1 Å². The second-order valence-electron chi connectivity index (χ2n) is 6.16. The number of carbonyl (C=O) groups is 1. The van der Waals surface area contributed by atoms with Crippen LogP contribution in [0.4, 0.5) is 5.82 Å². The molecule has 0 saturated carbocycles. The number of nitrogens with one attached hydrogen (secondary N) is 1. The zero-order chi connectivity index (χ0) is 19.2. The number of fused-ring (bicyclic) bond motifs is 1. The molecule has 0 saturated heterocycles. The third-order valence-electron chi connectivity index (χ3n) is 4.52. The fourth-order valence-electron chi connectivity index (χ4n) is 3.08. The predicted octanol–water partition coefficient (Wildman–Crippen LogP) is 1.43. The molecule has 0 fully saturated rings. The van der Waals surface area contributed by atoms with Gasteiger partial charge in [0.15, 0.2) is 11.5 Å². The average molecular weight is 372 g/mol. The first-order chi connectivity index (χ1) is 13.2. The maximum absolute atomic E-state index is 12.2. The molecule has 1 aliphatic heterocycles. The van der Waals surface area contributed by atoms with Gasteiger partial charge in [0.25, 0.3) is 5.91 Å². The van der Waals surface area contributed by atoms with Crippen molar-refractivity contribution in [2.45, 2.75) is 13.0 Å². The molecule has 8 heteroatoms. The predicted molar refractivity (Wildman–Crippen MR) is 101 cm³/mol. The Balaban J connectivity index is 1.77. The van der Waals surface area contributed by atoms with Gasteiger partial charge < -0.3 is 24.4 Å². The van der Waals surface area contributed by atoms with Crippen molar-refractivity contribution in [3.05, 3.63) is 41.3 Å². The molecule has 0 radical (unpaired) electrons. The molecule has 0 aliphatic carbocycles. The second kappa shape index (κ2) is 8.68. The Morgan fingerprint density at radius 1 is 1.11 bits per heavy atom. The van der Waals surface area contributed by atoms with E-state index in [2.05, 4.69) is 20.2 Å². The number of anilines is 1. The summed E-state index contributed by atoms with van der Waals surface area (Å²) >= 11 is 0. The van der Waals surface area contributed by atoms with Gasteiger partial charge in [-0.15, -0.1) is 0 Å². The van der Waals surface area contributed by atoms with Crippen molar-refractivity contribution in [3.8, 4) is 11.5 Å². The Kier molecular flexibility index (Phi) is 6.08. The van der Waals surface area contributed by atoms with E-state index in [9.17, 15) is 4.79 Å². The monoisotopic (exact) mass is 372 g/mol. The summed E-state index contributed by atoms with van der Waals surface area (Å²) in [6, 6.07) is 5.74. The Morgan fingerprint density at radius 3 is 2.56 bits per heavy atom. The van der Waals surface area contributed by atoms with E-state index in [1.54, 1.807) is 27.4 Å². The molecule has 0 spiro atoms. The summed E-state index contributed by atoms with van der Waals surface area (Å²) in [5.41, 5.74) is 2.73. The molecule has 27 heavy (non-hydrogen) atoms. The molecule has 0 atom stereocenters. The fraction of sp³-hybridized carbons (Fsp3) is 0.421. The molecule has 0 bridgehead atoms. The molecule has 1 aromatic heterocycles. The zero-order valence-corrected chi connectivity index (χ0v) is 15.8. The molecule has 1 N–H and O–H groups in total. The van der Waals surface area contributed by atoms with Gasteiger partial charge in [-0.3, -0.25) is 4.79 Å². The SMILES string of the molecule is COCCNC(=O)c1cc(N2CCc3cc(OC)c(OC)cc3C2)ncn1. The lowest BCUT2D eigenvalue weighted by Crippen LogP contribution is -2.32. The van der Waals surface area contributed by atoms with E-state index < -0.39 is 0 Å². The third-order valence-corrected chi connectivity index (χ3v) is 4.52. The van der Waals surface area contributed by atoms with Gasteiger partial charge in [-0.25, -0.2) is 9.97 Å². The van der Waals surface area contributed by atoms with Gasteiger partial charge >= 0.3 is 0 Å². The van der Waals surface area contributed by atoms with Crippen LogP contribution in [0.5, 0.6) is 11.5 Å². The van der Waals surface area contributed by atoms with Crippen molar-refractivity contribution in [3.63, 3.8) is 0 Å². The molecule has 144 valence electrons. The maximum Gasteiger partial charge on any atom is 0.270 e. The van der Waals surface area contributed by atoms with Crippen molar-refractivity contribution in [1.29, 1.82) is 0 Å². The van der Waals surface area contributed by atoms with Gasteiger partial charge in [-0.2, -0.15) is 0 Å². The molecule has 3 rings (SSSR count). The topological polar surface area (TPSA) is 85.8 Å². The third kappa shape index (κ3) is 4.28. The van der Waals surface area contributed by atoms with Crippen LogP contribution < -0.4 is 19.7 Å². The number of methoxy groups -OCH3 is 3. The number of nitrogens with zero attached hydrogens (tertiary/aromatic N) is 3. The minimum atomic E-state index is -0.237. The van der Waals surface area contributed by atoms with Gasteiger partial charge in [-0.05, 0) is 29.7 Å². The quantitative estimate of drug-likeness (QED) is 0.736. The number of ether oxygens (including phenoxy) is 3. The van der Waals surface area contributed by atoms with Crippen LogP contribution in [0, 0.1) is 0 Å². The van der Waals surface area contributed by atoms with E-state index in [0.717, 1.165) is 30.1 Å². The molecular weight excluding hydrogens is 348 g/mol. The van der Waals surface area contributed by atoms with Gasteiger partial charge in [0, 0.05) is 32.8 Å². The molecule has 0 unspecified atom stereocenters. The van der Waals surface area contributed by atoms with Gasteiger partial charge in [0.2, 0.25) is 0 Å². The van der Waals surface area contributed by atoms with Crippen molar-refractivity contribution in [2.24, 2.45) is 0 Å². The largest absolute Gasteiger partial charge is 0.493 e. The van der Waals surface area contributed by atoms with E-state index in [0.29, 0.717) is 31.1 Å². The van der Waals surface area contributed by atoms with Crippen LogP contribution in [-0.2, 0) is 17.7 Å². The highest BCUT2D eigenvalue weighted by Crippen LogP contribution is 2.34. The smallest absolute Gasteiger partial charge is 0.270 e. The van der Waals surface area contributed by atoms with Crippen molar-refractivity contribution < 1.29 is 19.0 Å². The Bertz CT molecular complexity index is 812. The zero-order valence-electron chi connectivity index (χ0n) is 15.8. The number of hydrogen-bond acceptors (Lipinski definition) is 7. The molecule has 1 amide bonds. The van der Waals surface area contributed by atoms with Gasteiger partial charge in [0.1, 0.15) is 17.8 Å². The van der Waals surface area contributed by atoms with Crippen LogP contribution in [0.2, 0.25) is 0 Å². The summed E-state index contributed by atoms with van der Waals surface area (Å²) in [7, 11) is 4.86. The van der Waals surface area contributed by atoms with E-state index in [-0.39, 0.29) is 5.91 Å². The summed E-state index contributed by atoms with van der Waals surface area (Å²) in [6.45, 7) is 2.37. The van der Waals surface area contributed by atoms with Crippen LogP contribution in [0.3, 0.4) is 0 Å². The summed E-state index contributed by atoms with van der Waals surface area (Å²) in [4.78, 5) is 22.8. The Labute approximate surface area is 158 Å². The normalized spacial score (nSPS) is 13.1. The highest BCUT2D eigenvalue weighted by molar-refractivity contribution is 5.92. The summed E-state index contributed by atoms with van der Waals surface area (Å²) in [5, 5.41) is 2.77. The molecule has 2 heterocycles. The minimum absolute atomic E-state index is 0.237. The maximum atomic E-state index is 12.2. The summed E-state index contributed by atoms with van der Waals surface area (Å²) in [6.07, 6.45) is 2.28. The first-order valence-corrected chi connectivity index (χ1v) is 8.74. The molecular formula is C19H24N4O4. The van der Waals surface area contributed by atoms with Gasteiger partial charge in [-0.1, -0.05) is 0 Å². The van der Waals surface area contributed by atoms with E-state index in [4.69, 9.17) is 14.2 Å². The number of carbonyl (C=O) groups excluding carboxylic acids is 1. The Morgan fingerprint density at radius 2 is 1.85 bits per heavy atom. The van der Waals surface area contributed by atoms with Crippen molar-refractivity contribution in [1.82, 2.24) is 15.3 Å². The second-order valence-corrected chi connectivity index (χ2v) is 6.16. The highest BCUT2D eigenvalue weighted by Gasteiger charge is 2.21. The van der Waals surface area contributed by atoms with Crippen LogP contribution in [0.1, 0.15) is 21.6 Å². The fourth-order valence-corrected chi connectivity index (χ4v) is 3.08. The number of hydrogen-bond donors (Lipinski definition) is 1. The van der Waals surface area contributed by atoms with Crippen LogP contribution in [0.25, 0.3) is 0 Å². The number of benzene rings is 1. The molecule has 1 aromatic carbocycles. The molecule has 8 nitrogen and oxygen atoms in total. The minimum Gasteiger partial charge on any atom is -0.493 e. The van der Waals surface area contributed by atoms with Crippen LogP contribution >= 0.6 is 0 Å². The molecule has 1 aliphatic rings. The standard InChI is InChI=1S/C19H24N4O4/c1-25-7-5-20-19(24)15-10-18(22-12-21-15)23-6-4-13-8-16(26-2)17(27-3)9-14(13)11-23/h8-10,12H,4-7,11H2,1-3H3,(H,20,24). The first kappa shape index (κ1) is 18.9. The summed E-state index contributed by atoms with van der Waals surface area (Å²) < 4.78 is 15.7. The molecule has 2 aromatic rings. The lowest BCUT2D eigenvalue weighted by atomic mass is 9.99. The first-order valence-electron chi connectivity index (χ1n) is 8.74. The van der Waals surface area contributed by atoms with E-state index in [1.165, 1.54) is 11.9 Å². The average Bonchev–Trinajstić information content (AvgIpc) is 2.72. The van der Waals surface area contributed by atoms with E-state index >= 15 is 0 Å². The number of rotatable bonds is 7.